The molecule has 1 aliphatic heterocycles. The van der Waals surface area contributed by atoms with Crippen LogP contribution in [0.3, 0.4) is 0 Å². The van der Waals surface area contributed by atoms with Crippen LogP contribution in [0.5, 0.6) is 5.75 Å². The molecule has 1 fully saturated rings. The number of hydrogen-bond donors (Lipinski definition) is 0. The number of amides is 1. The molecule has 0 aromatic heterocycles. The van der Waals surface area contributed by atoms with Gasteiger partial charge >= 0.3 is 0 Å². The van der Waals surface area contributed by atoms with Crippen molar-refractivity contribution in [1.82, 2.24) is 13.5 Å². The van der Waals surface area contributed by atoms with E-state index in [9.17, 15) is 13.2 Å². The highest BCUT2D eigenvalue weighted by molar-refractivity contribution is 7.86. The first kappa shape index (κ1) is 20.7. The zero-order valence-electron chi connectivity index (χ0n) is 15.8. The molecular weight excluding hydrogens is 354 g/mol. The lowest BCUT2D eigenvalue weighted by Gasteiger charge is -2.36. The zero-order valence-corrected chi connectivity index (χ0v) is 16.7. The minimum absolute atomic E-state index is 0.0517. The van der Waals surface area contributed by atoms with E-state index in [-0.39, 0.29) is 5.91 Å². The Balaban J connectivity index is 1.88. The highest BCUT2D eigenvalue weighted by Gasteiger charge is 2.31. The Bertz CT molecular complexity index is 696. The summed E-state index contributed by atoms with van der Waals surface area (Å²) in [6, 6.07) is 7.68. The van der Waals surface area contributed by atoms with Gasteiger partial charge in [0.05, 0.1) is 7.11 Å². The van der Waals surface area contributed by atoms with Crippen molar-refractivity contribution in [3.8, 4) is 5.75 Å². The predicted octanol–water partition coefficient (Wildman–Crippen LogP) is 1.36. The summed E-state index contributed by atoms with van der Waals surface area (Å²) in [5.41, 5.74) is 1.01. The molecule has 1 aliphatic rings. The number of benzene rings is 1. The summed E-state index contributed by atoms with van der Waals surface area (Å²) in [4.78, 5) is 14.2. The molecule has 1 aromatic carbocycles. The molecule has 1 heterocycles. The van der Waals surface area contributed by atoms with E-state index in [2.05, 4.69) is 0 Å². The maximum absolute atomic E-state index is 12.5. The van der Waals surface area contributed by atoms with Crippen molar-refractivity contribution in [3.63, 3.8) is 0 Å². The molecule has 0 bridgehead atoms. The Morgan fingerprint density at radius 1 is 1.12 bits per heavy atom. The predicted molar refractivity (Wildman–Crippen MR) is 101 cm³/mol. The number of para-hydroxylation sites is 1. The zero-order chi connectivity index (χ0) is 19.2. The Hall–Kier alpha value is -1.64. The fourth-order valence-electron chi connectivity index (χ4n) is 3.19. The van der Waals surface area contributed by atoms with E-state index in [4.69, 9.17) is 4.74 Å². The second-order valence-corrected chi connectivity index (χ2v) is 8.11. The number of methoxy groups -OCH3 is 1. The number of rotatable bonds is 8. The van der Waals surface area contributed by atoms with Crippen molar-refractivity contribution in [2.45, 2.75) is 26.7 Å². The van der Waals surface area contributed by atoms with Gasteiger partial charge in [0.25, 0.3) is 10.2 Å². The normalized spacial score (nSPS) is 16.1. The fourth-order valence-corrected chi connectivity index (χ4v) is 4.79. The summed E-state index contributed by atoms with van der Waals surface area (Å²) in [5.74, 6) is 0.839. The van der Waals surface area contributed by atoms with Gasteiger partial charge in [-0.2, -0.15) is 17.0 Å². The summed E-state index contributed by atoms with van der Waals surface area (Å²) in [7, 11) is -1.80. The fraction of sp³-hybridized carbons (Fsp3) is 0.611. The molecule has 0 atom stereocenters. The number of hydrogen-bond acceptors (Lipinski definition) is 4. The topological polar surface area (TPSA) is 70.2 Å². The Morgan fingerprint density at radius 2 is 1.73 bits per heavy atom. The quantitative estimate of drug-likeness (QED) is 0.680. The van der Waals surface area contributed by atoms with Gasteiger partial charge < -0.3 is 9.64 Å². The summed E-state index contributed by atoms with van der Waals surface area (Å²) in [6.07, 6.45) is 1.00. The molecule has 7 nitrogen and oxygen atoms in total. The number of carbonyl (C=O) groups is 1. The minimum atomic E-state index is -3.43. The molecule has 8 heteroatoms. The second kappa shape index (κ2) is 9.34. The number of nitrogens with zero attached hydrogens (tertiary/aromatic N) is 3. The molecule has 0 unspecified atom stereocenters. The third-order valence-electron chi connectivity index (χ3n) is 4.75. The van der Waals surface area contributed by atoms with Gasteiger partial charge in [-0.3, -0.25) is 4.79 Å². The second-order valence-electron chi connectivity index (χ2n) is 6.18. The molecule has 0 saturated carbocycles. The average molecular weight is 384 g/mol. The standard InChI is InChI=1S/C18H29N3O4S/c1-4-20(5-2)26(23,24)21-14-12-19(13-15-21)18(22)11-10-16-8-6-7-9-17(16)25-3/h6-9H,4-5,10-15H2,1-3H3. The van der Waals surface area contributed by atoms with Crippen LogP contribution in [0.15, 0.2) is 24.3 Å². The van der Waals surface area contributed by atoms with E-state index in [0.717, 1.165) is 11.3 Å². The van der Waals surface area contributed by atoms with E-state index in [1.165, 1.54) is 8.61 Å². The molecule has 0 radical (unpaired) electrons. The maximum atomic E-state index is 12.5. The van der Waals surface area contributed by atoms with Gasteiger partial charge in [0.15, 0.2) is 0 Å². The number of carbonyl (C=O) groups excluding carboxylic acids is 1. The largest absolute Gasteiger partial charge is 0.496 e. The van der Waals surface area contributed by atoms with Crippen molar-refractivity contribution in [1.29, 1.82) is 0 Å². The van der Waals surface area contributed by atoms with Crippen molar-refractivity contribution in [2.24, 2.45) is 0 Å². The number of aryl methyl sites for hydroxylation is 1. The van der Waals surface area contributed by atoms with Crippen LogP contribution in [-0.4, -0.2) is 74.2 Å². The maximum Gasteiger partial charge on any atom is 0.282 e. The smallest absolute Gasteiger partial charge is 0.282 e. The third-order valence-corrected chi connectivity index (χ3v) is 6.94. The van der Waals surface area contributed by atoms with Crippen LogP contribution in [0.1, 0.15) is 25.8 Å². The van der Waals surface area contributed by atoms with Gasteiger partial charge in [-0.15, -0.1) is 0 Å². The van der Waals surface area contributed by atoms with Gasteiger partial charge in [0, 0.05) is 45.7 Å². The summed E-state index contributed by atoms with van der Waals surface area (Å²) in [6.45, 7) is 6.14. The molecule has 1 aromatic rings. The molecule has 0 spiro atoms. The summed E-state index contributed by atoms with van der Waals surface area (Å²) in [5, 5.41) is 0. The van der Waals surface area contributed by atoms with E-state index < -0.39 is 10.2 Å². The number of piperazine rings is 1. The Labute approximate surface area is 156 Å². The highest BCUT2D eigenvalue weighted by atomic mass is 32.2. The van der Waals surface area contributed by atoms with Gasteiger partial charge in [-0.1, -0.05) is 32.0 Å². The van der Waals surface area contributed by atoms with Crippen LogP contribution in [0.4, 0.5) is 0 Å². The average Bonchev–Trinajstić information content (AvgIpc) is 2.67. The first-order chi connectivity index (χ1) is 12.4. The van der Waals surface area contributed by atoms with Crippen LogP contribution in [0.25, 0.3) is 0 Å². The molecule has 0 N–H and O–H groups in total. The lowest BCUT2D eigenvalue weighted by atomic mass is 10.1. The first-order valence-electron chi connectivity index (χ1n) is 9.08. The summed E-state index contributed by atoms with van der Waals surface area (Å²) >= 11 is 0. The SMILES string of the molecule is CCN(CC)S(=O)(=O)N1CCN(C(=O)CCc2ccccc2OC)CC1. The van der Waals surface area contributed by atoms with E-state index >= 15 is 0 Å². The van der Waals surface area contributed by atoms with Crippen LogP contribution in [-0.2, 0) is 21.4 Å². The van der Waals surface area contributed by atoms with E-state index in [1.807, 2.05) is 38.1 Å². The van der Waals surface area contributed by atoms with E-state index in [1.54, 1.807) is 12.0 Å². The molecule has 146 valence electrons. The van der Waals surface area contributed by atoms with Crippen LogP contribution < -0.4 is 4.74 Å². The molecule has 1 saturated heterocycles. The monoisotopic (exact) mass is 383 g/mol. The van der Waals surface area contributed by atoms with Crippen LogP contribution in [0, 0.1) is 0 Å². The molecular formula is C18H29N3O4S. The van der Waals surface area contributed by atoms with Gasteiger partial charge in [-0.25, -0.2) is 0 Å². The third kappa shape index (κ3) is 4.75. The Kier molecular flexibility index (Phi) is 7.43. The Morgan fingerprint density at radius 3 is 2.31 bits per heavy atom. The van der Waals surface area contributed by atoms with Gasteiger partial charge in [-0.05, 0) is 18.1 Å². The molecule has 0 aliphatic carbocycles. The van der Waals surface area contributed by atoms with Crippen molar-refractivity contribution in [2.75, 3.05) is 46.4 Å². The molecule has 26 heavy (non-hydrogen) atoms. The molecule has 1 amide bonds. The van der Waals surface area contributed by atoms with Crippen LogP contribution >= 0.6 is 0 Å². The van der Waals surface area contributed by atoms with Gasteiger partial charge in [0.1, 0.15) is 5.75 Å². The first-order valence-corrected chi connectivity index (χ1v) is 10.5. The van der Waals surface area contributed by atoms with Gasteiger partial charge in [0.2, 0.25) is 5.91 Å². The lowest BCUT2D eigenvalue weighted by molar-refractivity contribution is -0.132. The van der Waals surface area contributed by atoms with Crippen molar-refractivity contribution in [3.05, 3.63) is 29.8 Å². The van der Waals surface area contributed by atoms with Crippen LogP contribution in [0.2, 0.25) is 0 Å². The lowest BCUT2D eigenvalue weighted by Crippen LogP contribution is -2.54. The molecule has 2 rings (SSSR count). The van der Waals surface area contributed by atoms with Crippen molar-refractivity contribution < 1.29 is 17.9 Å². The highest BCUT2D eigenvalue weighted by Crippen LogP contribution is 2.20. The number of ether oxygens (including phenoxy) is 1. The summed E-state index contributed by atoms with van der Waals surface area (Å²) < 4.78 is 33.3. The van der Waals surface area contributed by atoms with E-state index in [0.29, 0.717) is 52.1 Å². The minimum Gasteiger partial charge on any atom is -0.496 e. The van der Waals surface area contributed by atoms with Crippen molar-refractivity contribution >= 4 is 16.1 Å².